The quantitative estimate of drug-likeness (QED) is 0.321. The standard InChI is InChI=1S/C20H24F2N4OS.C4H11NS/c21-14-9-12(11-26-7-4-8-26)10-15(22)16(14)17(27)18-19(23)25-20(28-18)24-13-5-2-1-3-6-13;1-4(2)3-6-5/h9-10,13H,1-8,11,23H2,(H,24,25);4H,3,5H2,1-2H3. The van der Waals surface area contributed by atoms with E-state index in [0.29, 0.717) is 23.3 Å². The van der Waals surface area contributed by atoms with Crippen LogP contribution in [-0.4, -0.2) is 40.6 Å². The van der Waals surface area contributed by atoms with Crippen molar-refractivity contribution >= 4 is 40.0 Å². The Labute approximate surface area is 209 Å². The van der Waals surface area contributed by atoms with Crippen LogP contribution < -0.4 is 16.2 Å². The zero-order valence-electron chi connectivity index (χ0n) is 19.9. The number of halogens is 2. The summed E-state index contributed by atoms with van der Waals surface area (Å²) in [4.78, 5) is 19.2. The summed E-state index contributed by atoms with van der Waals surface area (Å²) in [6.07, 6.45) is 6.74. The molecular weight excluding hydrogens is 476 g/mol. The maximum atomic E-state index is 14.6. The molecule has 10 heteroatoms. The van der Waals surface area contributed by atoms with E-state index in [1.165, 1.54) is 30.5 Å². The van der Waals surface area contributed by atoms with E-state index >= 15 is 0 Å². The molecule has 1 aromatic heterocycles. The molecule has 0 radical (unpaired) electrons. The number of nitrogens with two attached hydrogens (primary N) is 2. The fraction of sp³-hybridized carbons (Fsp3) is 0.583. The van der Waals surface area contributed by atoms with Crippen LogP contribution in [0.4, 0.5) is 19.7 Å². The Morgan fingerprint density at radius 2 is 1.85 bits per heavy atom. The topological polar surface area (TPSA) is 97.3 Å². The van der Waals surface area contributed by atoms with Crippen molar-refractivity contribution in [1.82, 2.24) is 9.88 Å². The van der Waals surface area contributed by atoms with Crippen molar-refractivity contribution in [3.05, 3.63) is 39.8 Å². The Bertz CT molecular complexity index is 936. The molecule has 1 saturated carbocycles. The summed E-state index contributed by atoms with van der Waals surface area (Å²) in [5.74, 6) is -0.640. The normalized spacial score (nSPS) is 16.6. The maximum Gasteiger partial charge on any atom is 0.212 e. The van der Waals surface area contributed by atoms with E-state index < -0.39 is 23.0 Å². The molecule has 1 aliphatic carbocycles. The van der Waals surface area contributed by atoms with Gasteiger partial charge in [-0.1, -0.05) is 56.4 Å². The molecule has 2 fully saturated rings. The van der Waals surface area contributed by atoms with Crippen LogP contribution in [0.5, 0.6) is 0 Å². The number of likely N-dealkylation sites (tertiary alicyclic amines) is 1. The molecule has 34 heavy (non-hydrogen) atoms. The van der Waals surface area contributed by atoms with Gasteiger partial charge in [0.2, 0.25) is 5.78 Å². The number of anilines is 2. The number of ketones is 1. The first-order valence-electron chi connectivity index (χ1n) is 11.9. The third-order valence-corrected chi connectivity index (χ3v) is 7.77. The summed E-state index contributed by atoms with van der Waals surface area (Å²) in [6.45, 7) is 6.65. The summed E-state index contributed by atoms with van der Waals surface area (Å²) >= 11 is 2.47. The molecular formula is C24H35F2N5OS2. The minimum absolute atomic E-state index is 0.0109. The molecule has 0 spiro atoms. The fourth-order valence-corrected chi connectivity index (χ4v) is 5.31. The van der Waals surface area contributed by atoms with Crippen molar-refractivity contribution in [1.29, 1.82) is 0 Å². The monoisotopic (exact) mass is 511 g/mol. The van der Waals surface area contributed by atoms with Crippen molar-refractivity contribution in [3.63, 3.8) is 0 Å². The van der Waals surface area contributed by atoms with Crippen LogP contribution in [0.3, 0.4) is 0 Å². The molecule has 2 heterocycles. The average molecular weight is 512 g/mol. The highest BCUT2D eigenvalue weighted by Crippen LogP contribution is 2.31. The van der Waals surface area contributed by atoms with Gasteiger partial charge in [0, 0.05) is 18.3 Å². The van der Waals surface area contributed by atoms with E-state index in [4.69, 9.17) is 10.9 Å². The molecule has 1 aliphatic heterocycles. The SMILES string of the molecule is CC(C)CSN.Nc1nc(NC2CCCCC2)sc1C(=O)c1c(F)cc(CN2CCC2)cc1F. The number of hydrogen-bond donors (Lipinski definition) is 3. The number of nitrogen functional groups attached to an aromatic ring is 1. The summed E-state index contributed by atoms with van der Waals surface area (Å²) < 4.78 is 29.2. The fourth-order valence-electron chi connectivity index (χ4n) is 4.02. The number of carbonyl (C=O) groups is 1. The molecule has 2 aliphatic rings. The summed E-state index contributed by atoms with van der Waals surface area (Å²) in [5, 5.41) is 8.98. The number of benzene rings is 1. The predicted molar refractivity (Wildman–Crippen MR) is 138 cm³/mol. The van der Waals surface area contributed by atoms with Crippen LogP contribution in [0, 0.1) is 17.6 Å². The lowest BCUT2D eigenvalue weighted by Crippen LogP contribution is -2.36. The molecule has 1 aromatic carbocycles. The van der Waals surface area contributed by atoms with E-state index in [0.717, 1.165) is 68.2 Å². The summed E-state index contributed by atoms with van der Waals surface area (Å²) in [6, 6.07) is 2.79. The second-order valence-corrected chi connectivity index (χ2v) is 11.0. The molecule has 5 N–H and O–H groups in total. The van der Waals surface area contributed by atoms with Gasteiger partial charge in [-0.25, -0.2) is 13.8 Å². The largest absolute Gasteiger partial charge is 0.382 e. The number of aromatic nitrogens is 1. The third kappa shape index (κ3) is 7.37. The van der Waals surface area contributed by atoms with Crippen molar-refractivity contribution < 1.29 is 13.6 Å². The van der Waals surface area contributed by atoms with Crippen LogP contribution >= 0.6 is 23.3 Å². The maximum absolute atomic E-state index is 14.6. The predicted octanol–water partition coefficient (Wildman–Crippen LogP) is 5.43. The zero-order chi connectivity index (χ0) is 24.7. The van der Waals surface area contributed by atoms with Gasteiger partial charge in [-0.05, 0) is 56.0 Å². The number of nitrogens with zero attached hydrogens (tertiary/aromatic N) is 2. The summed E-state index contributed by atoms with van der Waals surface area (Å²) in [5.41, 5.74) is 5.86. The average Bonchev–Trinajstić information content (AvgIpc) is 3.11. The number of rotatable bonds is 8. The highest BCUT2D eigenvalue weighted by molar-refractivity contribution is 7.97. The van der Waals surface area contributed by atoms with Crippen molar-refractivity contribution in [3.8, 4) is 0 Å². The van der Waals surface area contributed by atoms with Crippen molar-refractivity contribution in [2.75, 3.05) is 29.9 Å². The Morgan fingerprint density at radius 3 is 2.35 bits per heavy atom. The van der Waals surface area contributed by atoms with E-state index in [9.17, 15) is 13.6 Å². The lowest BCUT2D eigenvalue weighted by Gasteiger charge is -2.30. The van der Waals surface area contributed by atoms with Gasteiger partial charge in [-0.15, -0.1) is 0 Å². The number of nitrogens with one attached hydrogen (secondary N) is 1. The molecule has 0 amide bonds. The van der Waals surface area contributed by atoms with Crippen LogP contribution in [0.1, 0.15) is 73.2 Å². The summed E-state index contributed by atoms with van der Waals surface area (Å²) in [7, 11) is 0. The van der Waals surface area contributed by atoms with Gasteiger partial charge in [0.1, 0.15) is 22.3 Å². The molecule has 0 bridgehead atoms. The van der Waals surface area contributed by atoms with Gasteiger partial charge >= 0.3 is 0 Å². The highest BCUT2D eigenvalue weighted by Gasteiger charge is 2.26. The minimum atomic E-state index is -0.852. The first-order chi connectivity index (χ1) is 16.3. The van der Waals surface area contributed by atoms with Crippen LogP contribution in [0.25, 0.3) is 0 Å². The third-order valence-electron chi connectivity index (χ3n) is 5.91. The van der Waals surface area contributed by atoms with E-state index in [1.54, 1.807) is 0 Å². The van der Waals surface area contributed by atoms with Crippen LogP contribution in [-0.2, 0) is 6.54 Å². The second kappa shape index (κ2) is 12.8. The number of hydrogen-bond acceptors (Lipinski definition) is 8. The van der Waals surface area contributed by atoms with Crippen molar-refractivity contribution in [2.24, 2.45) is 11.1 Å². The minimum Gasteiger partial charge on any atom is -0.382 e. The van der Waals surface area contributed by atoms with Gasteiger partial charge in [-0.2, -0.15) is 0 Å². The van der Waals surface area contributed by atoms with E-state index in [2.05, 4.69) is 29.0 Å². The van der Waals surface area contributed by atoms with Gasteiger partial charge in [0.05, 0.1) is 5.56 Å². The Hall–Kier alpha value is -1.75. The van der Waals surface area contributed by atoms with Crippen LogP contribution in [0.2, 0.25) is 0 Å². The van der Waals surface area contributed by atoms with E-state index in [1.807, 2.05) is 0 Å². The lowest BCUT2D eigenvalue weighted by atomic mass is 9.96. The highest BCUT2D eigenvalue weighted by atomic mass is 32.2. The van der Waals surface area contributed by atoms with Gasteiger partial charge in [0.25, 0.3) is 0 Å². The zero-order valence-corrected chi connectivity index (χ0v) is 21.5. The van der Waals surface area contributed by atoms with Gasteiger partial charge in [0.15, 0.2) is 5.13 Å². The van der Waals surface area contributed by atoms with Crippen LogP contribution in [0.15, 0.2) is 12.1 Å². The van der Waals surface area contributed by atoms with Gasteiger partial charge < -0.3 is 11.1 Å². The first kappa shape index (κ1) is 26.8. The first-order valence-corrected chi connectivity index (χ1v) is 13.7. The van der Waals surface area contributed by atoms with Gasteiger partial charge in [-0.3, -0.25) is 14.8 Å². The molecule has 6 nitrogen and oxygen atoms in total. The molecule has 1 saturated heterocycles. The smallest absolute Gasteiger partial charge is 0.212 e. The lowest BCUT2D eigenvalue weighted by molar-refractivity contribution is 0.103. The molecule has 0 unspecified atom stereocenters. The second-order valence-electron chi connectivity index (χ2n) is 9.33. The Kier molecular flexibility index (Phi) is 10.1. The molecule has 4 rings (SSSR count). The molecule has 188 valence electrons. The van der Waals surface area contributed by atoms with Crippen molar-refractivity contribution in [2.45, 2.75) is 65.0 Å². The Morgan fingerprint density at radius 1 is 1.21 bits per heavy atom. The van der Waals surface area contributed by atoms with E-state index in [-0.39, 0.29) is 10.7 Å². The Balaban J connectivity index is 0.000000481. The number of carbonyl (C=O) groups excluding carboxylic acids is 1. The molecule has 2 aromatic rings. The number of thiazole rings is 1. The molecule has 0 atom stereocenters.